The number of nitrogens with zero attached hydrogens (tertiary/aromatic N) is 2. The van der Waals surface area contributed by atoms with Gasteiger partial charge in [0.25, 0.3) is 0 Å². The summed E-state index contributed by atoms with van der Waals surface area (Å²) in [6, 6.07) is 5.22. The Morgan fingerprint density at radius 1 is 1.24 bits per heavy atom. The standard InChI is InChI=1S/C25H32N2O6/c1-6-23-10-7-12-27-13-11-24(19(23)27)17-9-8-16(31-4)14-18(17)26(3)20(24)25(30,22(29)32-5)21(23)33-15(2)28/h7-10,14,19-21,30H,6,11-13H2,1-5H3/t19-,20-,21+,23+,24-,25+/m0/s1. The highest BCUT2D eigenvalue weighted by molar-refractivity contribution is 5.87. The second-order valence-corrected chi connectivity index (χ2v) is 9.76. The number of ether oxygens (including phenoxy) is 3. The van der Waals surface area contributed by atoms with Crippen LogP contribution in [0.1, 0.15) is 32.3 Å². The Kier molecular flexibility index (Phi) is 4.85. The van der Waals surface area contributed by atoms with Gasteiger partial charge in [-0.15, -0.1) is 0 Å². The Balaban J connectivity index is 1.86. The minimum atomic E-state index is -2.08. The van der Waals surface area contributed by atoms with E-state index in [1.807, 2.05) is 31.0 Å². The molecule has 178 valence electrons. The fourth-order valence-electron chi connectivity index (χ4n) is 7.68. The second kappa shape index (κ2) is 7.21. The molecule has 1 spiro atoms. The molecule has 0 aromatic heterocycles. The van der Waals surface area contributed by atoms with Gasteiger partial charge in [-0.25, -0.2) is 4.79 Å². The first-order valence-corrected chi connectivity index (χ1v) is 11.5. The van der Waals surface area contributed by atoms with E-state index in [0.29, 0.717) is 12.2 Å². The maximum absolute atomic E-state index is 13.5. The van der Waals surface area contributed by atoms with Crippen molar-refractivity contribution in [1.29, 1.82) is 0 Å². The number of carbonyl (C=O) groups is 2. The lowest BCUT2D eigenvalue weighted by Crippen LogP contribution is -2.81. The van der Waals surface area contributed by atoms with E-state index in [1.54, 1.807) is 7.11 Å². The van der Waals surface area contributed by atoms with Gasteiger partial charge in [-0.3, -0.25) is 9.69 Å². The van der Waals surface area contributed by atoms with Crippen molar-refractivity contribution >= 4 is 17.6 Å². The first-order valence-electron chi connectivity index (χ1n) is 11.5. The van der Waals surface area contributed by atoms with E-state index < -0.39 is 40.5 Å². The molecule has 8 heteroatoms. The molecule has 1 aromatic carbocycles. The van der Waals surface area contributed by atoms with E-state index in [4.69, 9.17) is 14.2 Å². The molecule has 1 saturated carbocycles. The fourth-order valence-corrected chi connectivity index (χ4v) is 7.68. The van der Waals surface area contributed by atoms with Crippen molar-refractivity contribution in [3.8, 4) is 5.75 Å². The summed E-state index contributed by atoms with van der Waals surface area (Å²) in [6.07, 6.45) is 4.40. The van der Waals surface area contributed by atoms with Gasteiger partial charge in [-0.2, -0.15) is 0 Å². The van der Waals surface area contributed by atoms with Gasteiger partial charge in [0.1, 0.15) is 5.75 Å². The van der Waals surface area contributed by atoms with Gasteiger partial charge in [-0.05, 0) is 31.0 Å². The van der Waals surface area contributed by atoms with E-state index >= 15 is 0 Å². The van der Waals surface area contributed by atoms with Crippen LogP contribution in [0.4, 0.5) is 5.69 Å². The lowest BCUT2D eigenvalue weighted by atomic mass is 9.47. The first-order chi connectivity index (χ1) is 15.7. The molecule has 8 nitrogen and oxygen atoms in total. The predicted octanol–water partition coefficient (Wildman–Crippen LogP) is 1.64. The van der Waals surface area contributed by atoms with Crippen LogP contribution in [0.15, 0.2) is 30.4 Å². The van der Waals surface area contributed by atoms with Gasteiger partial charge < -0.3 is 24.2 Å². The quantitative estimate of drug-likeness (QED) is 0.541. The minimum absolute atomic E-state index is 0.0589. The Labute approximate surface area is 194 Å². The molecule has 0 unspecified atom stereocenters. The van der Waals surface area contributed by atoms with Crippen molar-refractivity contribution in [2.24, 2.45) is 5.41 Å². The molecule has 4 aliphatic rings. The summed E-state index contributed by atoms with van der Waals surface area (Å²) in [6.45, 7) is 4.94. The smallest absolute Gasteiger partial charge is 0.344 e. The molecular formula is C25H32N2O6. The molecule has 3 aliphatic heterocycles. The summed E-state index contributed by atoms with van der Waals surface area (Å²) in [5.41, 5.74) is -1.41. The highest BCUT2D eigenvalue weighted by Gasteiger charge is 2.80. The van der Waals surface area contributed by atoms with Gasteiger partial charge >= 0.3 is 11.9 Å². The fraction of sp³-hybridized carbons (Fsp3) is 0.600. The largest absolute Gasteiger partial charge is 0.497 e. The number of rotatable bonds is 4. The second-order valence-electron chi connectivity index (χ2n) is 9.76. The van der Waals surface area contributed by atoms with Crippen LogP contribution < -0.4 is 9.64 Å². The molecule has 5 rings (SSSR count). The maximum Gasteiger partial charge on any atom is 0.344 e. The Hall–Kier alpha value is -2.58. The summed E-state index contributed by atoms with van der Waals surface area (Å²) < 4.78 is 16.6. The molecule has 33 heavy (non-hydrogen) atoms. The van der Waals surface area contributed by atoms with Crippen LogP contribution in [0.2, 0.25) is 0 Å². The normalized spacial score (nSPS) is 38.4. The molecule has 1 saturated heterocycles. The van der Waals surface area contributed by atoms with Gasteiger partial charge in [0.05, 0.1) is 20.3 Å². The van der Waals surface area contributed by atoms with E-state index in [2.05, 4.69) is 23.1 Å². The highest BCUT2D eigenvalue weighted by Crippen LogP contribution is 2.67. The first kappa shape index (κ1) is 22.2. The number of fused-ring (bicyclic) bond motifs is 1. The molecule has 6 atom stereocenters. The van der Waals surface area contributed by atoms with Crippen molar-refractivity contribution in [2.45, 2.75) is 55.9 Å². The van der Waals surface area contributed by atoms with Crippen LogP contribution in [-0.4, -0.2) is 80.1 Å². The number of methoxy groups -OCH3 is 2. The van der Waals surface area contributed by atoms with E-state index in [-0.39, 0.29) is 6.04 Å². The van der Waals surface area contributed by atoms with Crippen LogP contribution in [0.3, 0.4) is 0 Å². The molecule has 1 aliphatic carbocycles. The average Bonchev–Trinajstić information content (AvgIpc) is 3.32. The van der Waals surface area contributed by atoms with Crippen molar-refractivity contribution in [3.05, 3.63) is 35.9 Å². The van der Waals surface area contributed by atoms with Crippen molar-refractivity contribution < 1.29 is 28.9 Å². The van der Waals surface area contributed by atoms with Crippen LogP contribution in [0.25, 0.3) is 0 Å². The van der Waals surface area contributed by atoms with Crippen molar-refractivity contribution in [1.82, 2.24) is 4.90 Å². The zero-order valence-corrected chi connectivity index (χ0v) is 19.8. The van der Waals surface area contributed by atoms with Crippen LogP contribution in [-0.2, 0) is 24.5 Å². The molecule has 0 radical (unpaired) electrons. The van der Waals surface area contributed by atoms with Crippen molar-refractivity contribution in [2.75, 3.05) is 39.3 Å². The van der Waals surface area contributed by atoms with E-state index in [1.165, 1.54) is 14.0 Å². The summed E-state index contributed by atoms with van der Waals surface area (Å²) in [4.78, 5) is 30.2. The van der Waals surface area contributed by atoms with Crippen LogP contribution in [0, 0.1) is 5.41 Å². The van der Waals surface area contributed by atoms with Gasteiger partial charge in [0.15, 0.2) is 6.10 Å². The Bertz CT molecular complexity index is 1040. The number of esters is 2. The number of carbonyl (C=O) groups excluding carboxylic acids is 2. The predicted molar refractivity (Wildman–Crippen MR) is 121 cm³/mol. The number of hydrogen-bond donors (Lipinski definition) is 1. The lowest BCUT2D eigenvalue weighted by Gasteiger charge is -2.63. The molecule has 2 fully saturated rings. The summed E-state index contributed by atoms with van der Waals surface area (Å²) in [5, 5.41) is 12.5. The monoisotopic (exact) mass is 456 g/mol. The van der Waals surface area contributed by atoms with Crippen molar-refractivity contribution in [3.63, 3.8) is 0 Å². The van der Waals surface area contributed by atoms with Gasteiger partial charge in [0.2, 0.25) is 5.60 Å². The third kappa shape index (κ3) is 2.48. The van der Waals surface area contributed by atoms with Crippen LogP contribution >= 0.6 is 0 Å². The minimum Gasteiger partial charge on any atom is -0.497 e. The number of anilines is 1. The van der Waals surface area contributed by atoms with E-state index in [9.17, 15) is 14.7 Å². The molecule has 1 aromatic rings. The molecule has 0 bridgehead atoms. The zero-order valence-electron chi connectivity index (χ0n) is 19.8. The number of likely N-dealkylation sites (N-methyl/N-ethyl adjacent to an activating group) is 1. The SMILES string of the molecule is CC[C@]12C=CCN3CC[C@]4(c5ccc(OC)cc5N(C)[C@@H]4[C@](O)(C(=O)OC)[C@@H]1OC(C)=O)[C@@H]32. The molecule has 0 amide bonds. The van der Waals surface area contributed by atoms with Crippen LogP contribution in [0.5, 0.6) is 5.75 Å². The average molecular weight is 457 g/mol. The van der Waals surface area contributed by atoms with Gasteiger partial charge in [-0.1, -0.05) is 25.1 Å². The maximum atomic E-state index is 13.5. The summed E-state index contributed by atoms with van der Waals surface area (Å²) in [7, 11) is 4.77. The van der Waals surface area contributed by atoms with Gasteiger partial charge in [0, 0.05) is 49.1 Å². The Morgan fingerprint density at radius 3 is 2.64 bits per heavy atom. The summed E-state index contributed by atoms with van der Waals surface area (Å²) >= 11 is 0. The van der Waals surface area contributed by atoms with E-state index in [0.717, 1.165) is 30.8 Å². The highest BCUT2D eigenvalue weighted by atomic mass is 16.6. The number of aliphatic hydroxyl groups is 1. The third-order valence-electron chi connectivity index (χ3n) is 8.62. The Morgan fingerprint density at radius 2 is 2.00 bits per heavy atom. The third-order valence-corrected chi connectivity index (χ3v) is 8.62. The molecule has 3 heterocycles. The number of hydrogen-bond acceptors (Lipinski definition) is 8. The molecule has 1 N–H and O–H groups in total. The lowest BCUT2D eigenvalue weighted by molar-refractivity contribution is -0.228. The zero-order chi connectivity index (χ0) is 23.8. The topological polar surface area (TPSA) is 88.5 Å². The summed E-state index contributed by atoms with van der Waals surface area (Å²) in [5.74, 6) is -0.617. The number of benzene rings is 1. The molecular weight excluding hydrogens is 424 g/mol.